The molecule has 1 rings (SSSR count). The molecule has 16 heavy (non-hydrogen) atoms. The summed E-state index contributed by atoms with van der Waals surface area (Å²) < 4.78 is 10.0. The Labute approximate surface area is 94.6 Å². The van der Waals surface area contributed by atoms with Gasteiger partial charge >= 0.3 is 5.97 Å². The number of ketones is 1. The largest absolute Gasteiger partial charge is 0.461 e. The van der Waals surface area contributed by atoms with E-state index >= 15 is 0 Å². The molecule has 0 amide bonds. The fourth-order valence-corrected chi connectivity index (χ4v) is 1.17. The van der Waals surface area contributed by atoms with Crippen LogP contribution in [0.1, 0.15) is 44.2 Å². The second-order valence-corrected chi connectivity index (χ2v) is 4.49. The van der Waals surface area contributed by atoms with Crippen LogP contribution in [0.3, 0.4) is 0 Å². The highest BCUT2D eigenvalue weighted by Crippen LogP contribution is 2.11. The van der Waals surface area contributed by atoms with Gasteiger partial charge in [0.25, 0.3) is 0 Å². The quantitative estimate of drug-likeness (QED) is 0.582. The van der Waals surface area contributed by atoms with Gasteiger partial charge in [-0.05, 0) is 32.9 Å². The standard InChI is InChI=1S/C12H16O4/c1-12(2,3)16-11(14)7-6-9(13)10-5-4-8-15-10/h4-5,8H,6-7H2,1-3H3. The Kier molecular flexibility index (Phi) is 3.88. The summed E-state index contributed by atoms with van der Waals surface area (Å²) in [5.41, 5.74) is -0.509. The van der Waals surface area contributed by atoms with Crippen LogP contribution < -0.4 is 0 Å². The van der Waals surface area contributed by atoms with E-state index in [0.717, 1.165) is 0 Å². The molecule has 0 aromatic carbocycles. The molecule has 1 aromatic heterocycles. The molecule has 0 radical (unpaired) electrons. The van der Waals surface area contributed by atoms with Gasteiger partial charge in [0.2, 0.25) is 0 Å². The predicted octanol–water partition coefficient (Wildman–Crippen LogP) is 2.58. The van der Waals surface area contributed by atoms with Crippen molar-refractivity contribution < 1.29 is 18.7 Å². The normalized spacial score (nSPS) is 11.2. The predicted molar refractivity (Wildman–Crippen MR) is 58.1 cm³/mol. The summed E-state index contributed by atoms with van der Waals surface area (Å²) in [5, 5.41) is 0. The molecule has 0 spiro atoms. The van der Waals surface area contributed by atoms with E-state index in [2.05, 4.69) is 0 Å². The van der Waals surface area contributed by atoms with Crippen LogP contribution in [0.25, 0.3) is 0 Å². The number of carbonyl (C=O) groups is 2. The molecule has 0 atom stereocenters. The van der Waals surface area contributed by atoms with Gasteiger partial charge in [0.05, 0.1) is 12.7 Å². The summed E-state index contributed by atoms with van der Waals surface area (Å²) in [5.74, 6) is -0.271. The second kappa shape index (κ2) is 4.96. The topological polar surface area (TPSA) is 56.5 Å². The van der Waals surface area contributed by atoms with Crippen LogP contribution in [0, 0.1) is 0 Å². The molecule has 0 fully saturated rings. The van der Waals surface area contributed by atoms with Gasteiger partial charge < -0.3 is 9.15 Å². The molecule has 1 aromatic rings. The SMILES string of the molecule is CC(C)(C)OC(=O)CCC(=O)c1ccco1. The Hall–Kier alpha value is -1.58. The van der Waals surface area contributed by atoms with Crippen molar-refractivity contribution in [3.05, 3.63) is 24.2 Å². The molecule has 0 aliphatic rings. The molecule has 0 unspecified atom stereocenters. The number of Topliss-reactive ketones (excluding diaryl/α,β-unsaturated/α-hetero) is 1. The molecule has 0 bridgehead atoms. The van der Waals surface area contributed by atoms with Crippen LogP contribution in [-0.2, 0) is 9.53 Å². The van der Waals surface area contributed by atoms with Gasteiger partial charge in [-0.1, -0.05) is 0 Å². The lowest BCUT2D eigenvalue weighted by molar-refractivity contribution is -0.154. The molecular formula is C12H16O4. The Morgan fingerprint density at radius 1 is 1.31 bits per heavy atom. The van der Waals surface area contributed by atoms with Gasteiger partial charge in [0.1, 0.15) is 5.60 Å². The number of esters is 1. The highest BCUT2D eigenvalue weighted by molar-refractivity contribution is 5.95. The highest BCUT2D eigenvalue weighted by Gasteiger charge is 2.18. The average molecular weight is 224 g/mol. The maximum atomic E-state index is 11.5. The number of furan rings is 1. The minimum atomic E-state index is -0.509. The summed E-state index contributed by atoms with van der Waals surface area (Å²) in [7, 11) is 0. The van der Waals surface area contributed by atoms with Gasteiger partial charge in [-0.2, -0.15) is 0 Å². The van der Waals surface area contributed by atoms with E-state index in [4.69, 9.17) is 9.15 Å². The maximum Gasteiger partial charge on any atom is 0.306 e. The Morgan fingerprint density at radius 3 is 2.50 bits per heavy atom. The van der Waals surface area contributed by atoms with Crippen LogP contribution in [0.15, 0.2) is 22.8 Å². The molecule has 4 heteroatoms. The van der Waals surface area contributed by atoms with E-state index < -0.39 is 5.60 Å². The van der Waals surface area contributed by atoms with E-state index in [1.807, 2.05) is 0 Å². The monoisotopic (exact) mass is 224 g/mol. The smallest absolute Gasteiger partial charge is 0.306 e. The molecule has 0 aliphatic carbocycles. The lowest BCUT2D eigenvalue weighted by atomic mass is 10.1. The van der Waals surface area contributed by atoms with Crippen molar-refractivity contribution in [2.75, 3.05) is 0 Å². The van der Waals surface area contributed by atoms with Crippen LogP contribution in [0.5, 0.6) is 0 Å². The number of ether oxygens (including phenoxy) is 1. The van der Waals surface area contributed by atoms with Crippen molar-refractivity contribution in [1.29, 1.82) is 0 Å². The zero-order valence-corrected chi connectivity index (χ0v) is 9.78. The first-order valence-corrected chi connectivity index (χ1v) is 5.17. The molecule has 4 nitrogen and oxygen atoms in total. The molecule has 0 aliphatic heterocycles. The first-order valence-electron chi connectivity index (χ1n) is 5.17. The third kappa shape index (κ3) is 4.29. The van der Waals surface area contributed by atoms with Crippen LogP contribution >= 0.6 is 0 Å². The molecule has 0 saturated heterocycles. The Balaban J connectivity index is 2.35. The maximum absolute atomic E-state index is 11.5. The minimum absolute atomic E-state index is 0.0802. The molecule has 1 heterocycles. The van der Waals surface area contributed by atoms with E-state index in [9.17, 15) is 9.59 Å². The average Bonchev–Trinajstić information content (AvgIpc) is 2.64. The van der Waals surface area contributed by atoms with E-state index in [0.29, 0.717) is 0 Å². The Morgan fingerprint density at radius 2 is 2.00 bits per heavy atom. The molecule has 88 valence electrons. The second-order valence-electron chi connectivity index (χ2n) is 4.49. The summed E-state index contributed by atoms with van der Waals surface area (Å²) >= 11 is 0. The Bertz CT molecular complexity index is 357. The third-order valence-electron chi connectivity index (χ3n) is 1.77. The zero-order valence-electron chi connectivity index (χ0n) is 9.78. The summed E-state index contributed by atoms with van der Waals surface area (Å²) in [6.45, 7) is 5.37. The number of hydrogen-bond acceptors (Lipinski definition) is 4. The van der Waals surface area contributed by atoms with E-state index in [-0.39, 0.29) is 30.4 Å². The number of hydrogen-bond donors (Lipinski definition) is 0. The molecular weight excluding hydrogens is 208 g/mol. The van der Waals surface area contributed by atoms with Crippen LogP contribution in [0.4, 0.5) is 0 Å². The lowest BCUT2D eigenvalue weighted by Gasteiger charge is -2.19. The van der Waals surface area contributed by atoms with Gasteiger partial charge in [-0.15, -0.1) is 0 Å². The van der Waals surface area contributed by atoms with Crippen molar-refractivity contribution in [1.82, 2.24) is 0 Å². The lowest BCUT2D eigenvalue weighted by Crippen LogP contribution is -2.24. The number of carbonyl (C=O) groups excluding carboxylic acids is 2. The van der Waals surface area contributed by atoms with E-state index in [1.54, 1.807) is 32.9 Å². The fraction of sp³-hybridized carbons (Fsp3) is 0.500. The minimum Gasteiger partial charge on any atom is -0.461 e. The first kappa shape index (κ1) is 12.5. The van der Waals surface area contributed by atoms with Crippen LogP contribution in [0.2, 0.25) is 0 Å². The highest BCUT2D eigenvalue weighted by atomic mass is 16.6. The fourth-order valence-electron chi connectivity index (χ4n) is 1.17. The van der Waals surface area contributed by atoms with Gasteiger partial charge in [0.15, 0.2) is 11.5 Å². The van der Waals surface area contributed by atoms with E-state index in [1.165, 1.54) is 6.26 Å². The van der Waals surface area contributed by atoms with Crippen molar-refractivity contribution >= 4 is 11.8 Å². The van der Waals surface area contributed by atoms with Crippen molar-refractivity contribution in [3.8, 4) is 0 Å². The molecule has 0 saturated carbocycles. The van der Waals surface area contributed by atoms with Crippen molar-refractivity contribution in [2.24, 2.45) is 0 Å². The summed E-state index contributed by atoms with van der Waals surface area (Å²) in [6.07, 6.45) is 1.62. The summed E-state index contributed by atoms with van der Waals surface area (Å²) in [6, 6.07) is 3.22. The summed E-state index contributed by atoms with van der Waals surface area (Å²) in [4.78, 5) is 22.8. The van der Waals surface area contributed by atoms with Crippen molar-refractivity contribution in [3.63, 3.8) is 0 Å². The van der Waals surface area contributed by atoms with Gasteiger partial charge in [0, 0.05) is 6.42 Å². The first-order chi connectivity index (χ1) is 7.38. The molecule has 0 N–H and O–H groups in total. The van der Waals surface area contributed by atoms with Crippen LogP contribution in [-0.4, -0.2) is 17.4 Å². The van der Waals surface area contributed by atoms with Gasteiger partial charge in [-0.3, -0.25) is 9.59 Å². The van der Waals surface area contributed by atoms with Gasteiger partial charge in [-0.25, -0.2) is 0 Å². The zero-order chi connectivity index (χ0) is 12.2. The number of rotatable bonds is 4. The third-order valence-corrected chi connectivity index (χ3v) is 1.77. The van der Waals surface area contributed by atoms with Crippen molar-refractivity contribution in [2.45, 2.75) is 39.2 Å².